The minimum Gasteiger partial charge on any atom is -0.355 e. The van der Waals surface area contributed by atoms with Gasteiger partial charge in [-0.3, -0.25) is 0 Å². The van der Waals surface area contributed by atoms with Crippen LogP contribution >= 0.6 is 0 Å². The quantitative estimate of drug-likeness (QED) is 0.227. The van der Waals surface area contributed by atoms with E-state index in [0.717, 1.165) is 11.3 Å². The maximum atomic E-state index is 3.91. The molecule has 5 aromatic carbocycles. The molecule has 2 nitrogen and oxygen atoms in total. The molecular formula is C37H28N2. The van der Waals surface area contributed by atoms with E-state index in [1.807, 2.05) is 13.0 Å². The van der Waals surface area contributed by atoms with Crippen LogP contribution in [0.2, 0.25) is 0 Å². The van der Waals surface area contributed by atoms with Crippen LogP contribution in [0.25, 0.3) is 66.0 Å². The predicted octanol–water partition coefficient (Wildman–Crippen LogP) is 10.2. The maximum Gasteiger partial charge on any atom is 0.0541 e. The van der Waals surface area contributed by atoms with Gasteiger partial charge in [0, 0.05) is 38.3 Å². The second-order valence-electron chi connectivity index (χ2n) is 9.92. The van der Waals surface area contributed by atoms with Crippen molar-refractivity contribution in [2.24, 2.45) is 0 Å². The Labute approximate surface area is 227 Å². The molecule has 2 aromatic heterocycles. The van der Waals surface area contributed by atoms with Gasteiger partial charge in [0.25, 0.3) is 0 Å². The van der Waals surface area contributed by atoms with Gasteiger partial charge in [0.15, 0.2) is 0 Å². The smallest absolute Gasteiger partial charge is 0.0541 e. The lowest BCUT2D eigenvalue weighted by Crippen LogP contribution is -1.95. The molecule has 2 heterocycles. The first-order chi connectivity index (χ1) is 19.2. The van der Waals surface area contributed by atoms with Gasteiger partial charge in [0.05, 0.1) is 11.0 Å². The molecule has 0 saturated carbocycles. The molecule has 0 spiro atoms. The third kappa shape index (κ3) is 3.81. The molecule has 0 aliphatic carbocycles. The molecular weight excluding hydrogens is 472 g/mol. The zero-order chi connectivity index (χ0) is 26.3. The van der Waals surface area contributed by atoms with Crippen molar-refractivity contribution >= 4 is 49.2 Å². The molecule has 186 valence electrons. The summed E-state index contributed by atoms with van der Waals surface area (Å²) in [6.07, 6.45) is 8.10. The fourth-order valence-electron chi connectivity index (χ4n) is 5.84. The zero-order valence-electron chi connectivity index (χ0n) is 21.9. The van der Waals surface area contributed by atoms with Crippen LogP contribution in [0.15, 0.2) is 140 Å². The normalized spacial score (nSPS) is 12.4. The Morgan fingerprint density at radius 1 is 0.667 bits per heavy atom. The summed E-state index contributed by atoms with van der Waals surface area (Å²) < 4.78 is 2.38. The summed E-state index contributed by atoms with van der Waals surface area (Å²) in [4.78, 5) is 3.54. The van der Waals surface area contributed by atoms with E-state index in [9.17, 15) is 0 Å². The van der Waals surface area contributed by atoms with Crippen LogP contribution < -0.4 is 0 Å². The Morgan fingerprint density at radius 2 is 1.38 bits per heavy atom. The predicted molar refractivity (Wildman–Crippen MR) is 169 cm³/mol. The SMILES string of the molecule is C=C/C=C(\C=C/C)c1cccc(-n2c3ccccc3c3cc(-c4ccc5[nH]c6ccccc6c5c4)ccc32)c1. The Kier molecular flexibility index (Phi) is 5.53. The third-order valence-corrected chi connectivity index (χ3v) is 7.59. The number of fused-ring (bicyclic) bond motifs is 6. The van der Waals surface area contributed by atoms with Gasteiger partial charge in [-0.2, -0.15) is 0 Å². The van der Waals surface area contributed by atoms with Gasteiger partial charge in [0.1, 0.15) is 0 Å². The Hall–Kier alpha value is -5.08. The van der Waals surface area contributed by atoms with E-state index in [1.165, 1.54) is 60.3 Å². The van der Waals surface area contributed by atoms with Crippen molar-refractivity contribution in [3.05, 3.63) is 146 Å². The molecule has 0 amide bonds. The summed E-state index contributed by atoms with van der Waals surface area (Å²) in [5.41, 5.74) is 10.6. The molecule has 0 aliphatic rings. The van der Waals surface area contributed by atoms with Crippen molar-refractivity contribution in [2.75, 3.05) is 0 Å². The number of hydrogen-bond donors (Lipinski definition) is 1. The second-order valence-corrected chi connectivity index (χ2v) is 9.92. The monoisotopic (exact) mass is 500 g/mol. The summed E-state index contributed by atoms with van der Waals surface area (Å²) in [6, 6.07) is 39.5. The molecule has 0 radical (unpaired) electrons. The van der Waals surface area contributed by atoms with Crippen LogP contribution in [0.4, 0.5) is 0 Å². The molecule has 7 aromatic rings. The minimum absolute atomic E-state index is 1.14. The number of nitrogens with one attached hydrogen (secondary N) is 1. The van der Waals surface area contributed by atoms with Crippen LogP contribution in [-0.4, -0.2) is 9.55 Å². The van der Waals surface area contributed by atoms with E-state index in [4.69, 9.17) is 0 Å². The first-order valence-electron chi connectivity index (χ1n) is 13.4. The van der Waals surface area contributed by atoms with E-state index >= 15 is 0 Å². The van der Waals surface area contributed by atoms with Gasteiger partial charge in [0.2, 0.25) is 0 Å². The molecule has 2 heteroatoms. The van der Waals surface area contributed by atoms with Gasteiger partial charge in [-0.15, -0.1) is 0 Å². The highest BCUT2D eigenvalue weighted by atomic mass is 15.0. The maximum absolute atomic E-state index is 3.91. The van der Waals surface area contributed by atoms with Crippen molar-refractivity contribution in [3.63, 3.8) is 0 Å². The van der Waals surface area contributed by atoms with E-state index in [1.54, 1.807) is 0 Å². The number of aromatic amines is 1. The van der Waals surface area contributed by atoms with E-state index in [2.05, 4.69) is 144 Å². The van der Waals surface area contributed by atoms with E-state index < -0.39 is 0 Å². The average Bonchev–Trinajstić information content (AvgIpc) is 3.52. The molecule has 0 fully saturated rings. The number of benzene rings is 5. The molecule has 0 aliphatic heterocycles. The lowest BCUT2D eigenvalue weighted by atomic mass is 10.0. The van der Waals surface area contributed by atoms with Gasteiger partial charge < -0.3 is 9.55 Å². The van der Waals surface area contributed by atoms with E-state index in [-0.39, 0.29) is 0 Å². The highest BCUT2D eigenvalue weighted by Crippen LogP contribution is 2.37. The summed E-state index contributed by atoms with van der Waals surface area (Å²) in [7, 11) is 0. The molecule has 0 unspecified atom stereocenters. The summed E-state index contributed by atoms with van der Waals surface area (Å²) in [6.45, 7) is 5.95. The summed E-state index contributed by atoms with van der Waals surface area (Å²) in [5.74, 6) is 0. The first-order valence-corrected chi connectivity index (χ1v) is 13.4. The van der Waals surface area contributed by atoms with Crippen molar-refractivity contribution in [1.29, 1.82) is 0 Å². The largest absolute Gasteiger partial charge is 0.355 e. The fourth-order valence-corrected chi connectivity index (χ4v) is 5.84. The van der Waals surface area contributed by atoms with Gasteiger partial charge in [-0.25, -0.2) is 0 Å². The molecule has 0 bridgehead atoms. The molecule has 7 rings (SSSR count). The molecule has 0 atom stereocenters. The van der Waals surface area contributed by atoms with Crippen molar-refractivity contribution in [3.8, 4) is 16.8 Å². The number of aromatic nitrogens is 2. The van der Waals surface area contributed by atoms with Crippen LogP contribution in [0.5, 0.6) is 0 Å². The topological polar surface area (TPSA) is 20.7 Å². The van der Waals surface area contributed by atoms with Crippen molar-refractivity contribution in [2.45, 2.75) is 6.92 Å². The van der Waals surface area contributed by atoms with Crippen LogP contribution in [0.3, 0.4) is 0 Å². The Morgan fingerprint density at radius 3 is 2.23 bits per heavy atom. The standard InChI is InChI=1S/C37H28N2/c1-3-10-25(11-4-2)26-12-9-13-29(22-26)39-36-17-8-6-15-31(36)33-24-28(19-21-37(33)39)27-18-20-35-32(23-27)30-14-5-7-16-34(30)38-35/h3-24,38H,1H2,2H3/b11-4-,25-10+. The number of rotatable bonds is 5. The lowest BCUT2D eigenvalue weighted by Gasteiger charge is -2.11. The Bertz CT molecular complexity index is 2100. The van der Waals surface area contributed by atoms with Gasteiger partial charge in [-0.05, 0) is 77.7 Å². The van der Waals surface area contributed by atoms with Gasteiger partial charge in [-0.1, -0.05) is 91.5 Å². The number of allylic oxidation sites excluding steroid dienone is 5. The summed E-state index contributed by atoms with van der Waals surface area (Å²) in [5, 5.41) is 5.02. The third-order valence-electron chi connectivity index (χ3n) is 7.59. The number of H-pyrrole nitrogens is 1. The second kappa shape index (κ2) is 9.34. The minimum atomic E-state index is 1.14. The zero-order valence-corrected chi connectivity index (χ0v) is 21.9. The highest BCUT2D eigenvalue weighted by molar-refractivity contribution is 6.12. The number of hydrogen-bond acceptors (Lipinski definition) is 0. The average molecular weight is 501 g/mol. The van der Waals surface area contributed by atoms with Gasteiger partial charge >= 0.3 is 0 Å². The van der Waals surface area contributed by atoms with Crippen molar-refractivity contribution < 1.29 is 0 Å². The lowest BCUT2D eigenvalue weighted by molar-refractivity contribution is 1.18. The van der Waals surface area contributed by atoms with Crippen LogP contribution in [0.1, 0.15) is 12.5 Å². The van der Waals surface area contributed by atoms with Crippen molar-refractivity contribution in [1.82, 2.24) is 9.55 Å². The van der Waals surface area contributed by atoms with Crippen LogP contribution in [-0.2, 0) is 0 Å². The molecule has 0 saturated heterocycles. The highest BCUT2D eigenvalue weighted by Gasteiger charge is 2.14. The number of nitrogens with zero attached hydrogens (tertiary/aromatic N) is 1. The fraction of sp³-hybridized carbons (Fsp3) is 0.0270. The number of para-hydroxylation sites is 2. The van der Waals surface area contributed by atoms with E-state index in [0.29, 0.717) is 0 Å². The first kappa shape index (κ1) is 23.1. The Balaban J connectivity index is 1.42. The van der Waals surface area contributed by atoms with Crippen LogP contribution in [0, 0.1) is 0 Å². The molecule has 1 N–H and O–H groups in total. The molecule has 39 heavy (non-hydrogen) atoms. The summed E-state index contributed by atoms with van der Waals surface area (Å²) >= 11 is 0.